The number of carbonyl (C=O) groups excluding carboxylic acids is 1. The van der Waals surface area contributed by atoms with E-state index in [9.17, 15) is 14.7 Å². The summed E-state index contributed by atoms with van der Waals surface area (Å²) in [6.45, 7) is 4.51. The lowest BCUT2D eigenvalue weighted by atomic mass is 9.69. The molecule has 0 saturated heterocycles. The Bertz CT molecular complexity index is 657. The lowest BCUT2D eigenvalue weighted by Gasteiger charge is -2.35. The van der Waals surface area contributed by atoms with Gasteiger partial charge in [-0.2, -0.15) is 0 Å². The Kier molecular flexibility index (Phi) is 5.68. The fraction of sp³-hybridized carbons (Fsp3) is 0.750. The van der Waals surface area contributed by atoms with Gasteiger partial charge < -0.3 is 15.4 Å². The maximum atomic E-state index is 11.3. The molecule has 144 valence electrons. The van der Waals surface area contributed by atoms with Gasteiger partial charge in [0.2, 0.25) is 5.91 Å². The summed E-state index contributed by atoms with van der Waals surface area (Å²) in [5.41, 5.74) is 7.18. The Morgan fingerprint density at radius 2 is 1.96 bits per heavy atom. The number of hydrogen-bond acceptors (Lipinski definition) is 4. The zero-order valence-corrected chi connectivity index (χ0v) is 15.7. The van der Waals surface area contributed by atoms with Crippen molar-refractivity contribution in [2.24, 2.45) is 17.6 Å². The van der Waals surface area contributed by atoms with E-state index in [1.54, 1.807) is 0 Å². The summed E-state index contributed by atoms with van der Waals surface area (Å²) in [6.07, 6.45) is 6.28. The fourth-order valence-electron chi connectivity index (χ4n) is 4.37. The number of nitrogens with zero attached hydrogens (tertiary/aromatic N) is 1. The highest BCUT2D eigenvalue weighted by Gasteiger charge is 2.41. The Morgan fingerprint density at radius 3 is 2.50 bits per heavy atom. The summed E-state index contributed by atoms with van der Waals surface area (Å²) in [5.74, 6) is 1.71. The van der Waals surface area contributed by atoms with Crippen LogP contribution in [0.25, 0.3) is 0 Å². The maximum Gasteiger partial charge on any atom is 0.304 e. The van der Waals surface area contributed by atoms with E-state index < -0.39 is 11.9 Å². The molecule has 1 heterocycles. The van der Waals surface area contributed by atoms with Gasteiger partial charge in [-0.15, -0.1) is 0 Å². The molecule has 26 heavy (non-hydrogen) atoms. The number of aromatic nitrogens is 1. The van der Waals surface area contributed by atoms with Crippen molar-refractivity contribution in [2.75, 3.05) is 0 Å². The molecule has 3 rings (SSSR count). The third-order valence-corrected chi connectivity index (χ3v) is 5.73. The van der Waals surface area contributed by atoms with Crippen LogP contribution in [0.2, 0.25) is 0 Å². The summed E-state index contributed by atoms with van der Waals surface area (Å²) in [7, 11) is 0. The van der Waals surface area contributed by atoms with Crippen LogP contribution in [0.15, 0.2) is 4.52 Å². The van der Waals surface area contributed by atoms with Crippen LogP contribution in [-0.2, 0) is 9.59 Å². The van der Waals surface area contributed by atoms with Gasteiger partial charge in [-0.1, -0.05) is 19.0 Å². The maximum absolute atomic E-state index is 11.3. The van der Waals surface area contributed by atoms with Gasteiger partial charge in [0, 0.05) is 23.8 Å². The van der Waals surface area contributed by atoms with Crippen molar-refractivity contribution in [3.63, 3.8) is 0 Å². The first kappa shape index (κ1) is 18.9. The molecule has 1 aromatic rings. The van der Waals surface area contributed by atoms with Gasteiger partial charge in [-0.25, -0.2) is 0 Å². The van der Waals surface area contributed by atoms with E-state index in [1.807, 2.05) is 0 Å². The largest absolute Gasteiger partial charge is 0.481 e. The first-order chi connectivity index (χ1) is 12.3. The Hall–Kier alpha value is -1.85. The molecule has 0 radical (unpaired) electrons. The van der Waals surface area contributed by atoms with Crippen LogP contribution in [0.5, 0.6) is 0 Å². The molecule has 0 spiro atoms. The summed E-state index contributed by atoms with van der Waals surface area (Å²) in [6, 6.07) is 0. The number of amides is 1. The van der Waals surface area contributed by atoms with E-state index in [0.29, 0.717) is 24.2 Å². The highest BCUT2D eigenvalue weighted by molar-refractivity contribution is 5.74. The first-order valence-electron chi connectivity index (χ1n) is 9.84. The zero-order valence-electron chi connectivity index (χ0n) is 15.7. The van der Waals surface area contributed by atoms with Crippen LogP contribution in [-0.4, -0.2) is 22.1 Å². The number of hydrogen-bond donors (Lipinski definition) is 2. The van der Waals surface area contributed by atoms with Gasteiger partial charge in [0.1, 0.15) is 5.76 Å². The minimum Gasteiger partial charge on any atom is -0.481 e. The number of rotatable bonds is 10. The van der Waals surface area contributed by atoms with Gasteiger partial charge in [0.05, 0.1) is 12.1 Å². The van der Waals surface area contributed by atoms with E-state index in [0.717, 1.165) is 48.6 Å². The van der Waals surface area contributed by atoms with E-state index in [2.05, 4.69) is 19.0 Å². The zero-order chi connectivity index (χ0) is 18.8. The second-order valence-electron chi connectivity index (χ2n) is 8.58. The smallest absolute Gasteiger partial charge is 0.304 e. The number of carboxylic acid groups (broad SMARTS) is 1. The third-order valence-electron chi connectivity index (χ3n) is 5.73. The van der Waals surface area contributed by atoms with Gasteiger partial charge in [0.25, 0.3) is 0 Å². The lowest BCUT2D eigenvalue weighted by molar-refractivity contribution is -0.137. The molecule has 0 aliphatic heterocycles. The van der Waals surface area contributed by atoms with Crippen LogP contribution in [0.3, 0.4) is 0 Å². The van der Waals surface area contributed by atoms with E-state index in [1.165, 1.54) is 6.42 Å². The molecular formula is C20H30N2O4. The summed E-state index contributed by atoms with van der Waals surface area (Å²) in [4.78, 5) is 22.5. The number of carbonyl (C=O) groups is 2. The average Bonchev–Trinajstić information content (AvgIpc) is 3.25. The summed E-state index contributed by atoms with van der Waals surface area (Å²) < 4.78 is 5.76. The third kappa shape index (κ3) is 4.46. The lowest BCUT2D eigenvalue weighted by Crippen LogP contribution is -2.23. The molecule has 2 fully saturated rings. The molecule has 0 aromatic carbocycles. The molecule has 2 aliphatic carbocycles. The monoisotopic (exact) mass is 362 g/mol. The van der Waals surface area contributed by atoms with Crippen molar-refractivity contribution in [2.45, 2.75) is 83.0 Å². The molecule has 1 aromatic heterocycles. The molecule has 0 bridgehead atoms. The van der Waals surface area contributed by atoms with Crippen molar-refractivity contribution >= 4 is 11.9 Å². The number of nitrogens with two attached hydrogens (primary N) is 1. The standard InChI is InChI=1S/C20H30N2O4/c1-11(2)7-12-8-15(9-12)20-18(13-3-4-13)19(22-26-20)14(10-17(24)25)5-6-16(21)23/h11-15H,3-10H2,1-2H3,(H2,21,23)(H,24,25). The molecule has 2 saturated carbocycles. The van der Waals surface area contributed by atoms with E-state index >= 15 is 0 Å². The van der Waals surface area contributed by atoms with Crippen molar-refractivity contribution in [3.05, 3.63) is 17.0 Å². The van der Waals surface area contributed by atoms with Crippen molar-refractivity contribution in [1.82, 2.24) is 5.16 Å². The normalized spacial score (nSPS) is 23.7. The first-order valence-corrected chi connectivity index (χ1v) is 9.84. The SMILES string of the molecule is CC(C)CC1CC(c2onc(C(CCC(N)=O)CC(=O)O)c2C2CC2)C1. The minimum absolute atomic E-state index is 0.0420. The van der Waals surface area contributed by atoms with Crippen LogP contribution in [0.1, 0.15) is 100.0 Å². The van der Waals surface area contributed by atoms with E-state index in [-0.39, 0.29) is 18.8 Å². The van der Waals surface area contributed by atoms with Gasteiger partial charge in [-0.05, 0) is 56.3 Å². The molecule has 3 N–H and O–H groups in total. The van der Waals surface area contributed by atoms with Crippen molar-refractivity contribution in [3.8, 4) is 0 Å². The fourth-order valence-corrected chi connectivity index (χ4v) is 4.37. The molecule has 1 amide bonds. The van der Waals surface area contributed by atoms with Crippen LogP contribution < -0.4 is 5.73 Å². The predicted octanol–water partition coefficient (Wildman–Crippen LogP) is 3.92. The summed E-state index contributed by atoms with van der Waals surface area (Å²) in [5, 5.41) is 13.6. The number of aliphatic carboxylic acids is 1. The van der Waals surface area contributed by atoms with E-state index in [4.69, 9.17) is 10.3 Å². The quantitative estimate of drug-likeness (QED) is 0.656. The Morgan fingerprint density at radius 1 is 1.27 bits per heavy atom. The topological polar surface area (TPSA) is 106 Å². The highest BCUT2D eigenvalue weighted by atomic mass is 16.5. The van der Waals surface area contributed by atoms with Crippen LogP contribution in [0, 0.1) is 11.8 Å². The molecule has 6 heteroatoms. The molecule has 1 atom stereocenters. The molecular weight excluding hydrogens is 332 g/mol. The van der Waals surface area contributed by atoms with Crippen molar-refractivity contribution < 1.29 is 19.2 Å². The second kappa shape index (κ2) is 7.80. The van der Waals surface area contributed by atoms with Gasteiger partial charge in [0.15, 0.2) is 0 Å². The highest BCUT2D eigenvalue weighted by Crippen LogP contribution is 2.52. The number of carboxylic acids is 1. The average molecular weight is 362 g/mol. The summed E-state index contributed by atoms with van der Waals surface area (Å²) >= 11 is 0. The number of primary amides is 1. The van der Waals surface area contributed by atoms with Crippen LogP contribution in [0.4, 0.5) is 0 Å². The molecule has 6 nitrogen and oxygen atoms in total. The molecule has 2 aliphatic rings. The van der Waals surface area contributed by atoms with Gasteiger partial charge >= 0.3 is 5.97 Å². The second-order valence-corrected chi connectivity index (χ2v) is 8.58. The van der Waals surface area contributed by atoms with Crippen LogP contribution >= 0.6 is 0 Å². The van der Waals surface area contributed by atoms with Crippen molar-refractivity contribution in [1.29, 1.82) is 0 Å². The minimum atomic E-state index is -0.883. The van der Waals surface area contributed by atoms with Gasteiger partial charge in [-0.3, -0.25) is 9.59 Å². The predicted molar refractivity (Wildman–Crippen MR) is 96.8 cm³/mol. The Labute approximate surface area is 154 Å². The molecule has 1 unspecified atom stereocenters. The Balaban J connectivity index is 1.77.